The minimum atomic E-state index is -0.390. The summed E-state index contributed by atoms with van der Waals surface area (Å²) in [4.78, 5) is 10.7. The summed E-state index contributed by atoms with van der Waals surface area (Å²) in [6.45, 7) is 16.8. The summed E-state index contributed by atoms with van der Waals surface area (Å²) < 4.78 is 4.93. The molecule has 0 aliphatic heterocycles. The van der Waals surface area contributed by atoms with Crippen LogP contribution in [0, 0.1) is 12.3 Å². The summed E-state index contributed by atoms with van der Waals surface area (Å²) in [7, 11) is 0. The van der Waals surface area contributed by atoms with Gasteiger partial charge in [0.15, 0.2) is 0 Å². The molecule has 0 saturated heterocycles. The van der Waals surface area contributed by atoms with Crippen LogP contribution >= 0.6 is 0 Å². The van der Waals surface area contributed by atoms with Crippen molar-refractivity contribution in [2.24, 2.45) is 5.41 Å². The Morgan fingerprint density at radius 1 is 1.36 bits per heavy atom. The number of carbonyl (C=O) groups is 1. The second-order valence-electron chi connectivity index (χ2n) is 8.58. The largest absolute Gasteiger partial charge is 0.508 e. The predicted octanol–water partition coefficient (Wildman–Crippen LogP) is 5.31. The number of phenolic OH excluding ortho intramolecular Hbond substituents is 1. The third-order valence-corrected chi connectivity index (χ3v) is 4.86. The van der Waals surface area contributed by atoms with Crippen LogP contribution in [0.4, 0.5) is 4.79 Å². The van der Waals surface area contributed by atoms with Crippen LogP contribution in [0.3, 0.4) is 0 Å². The predicted molar refractivity (Wildman–Crippen MR) is 103 cm³/mol. The third kappa shape index (κ3) is 6.26. The van der Waals surface area contributed by atoms with Gasteiger partial charge in [0.1, 0.15) is 11.4 Å². The van der Waals surface area contributed by atoms with Crippen molar-refractivity contribution in [1.82, 2.24) is 5.32 Å². The summed E-state index contributed by atoms with van der Waals surface area (Å²) in [5.74, 6) is 0.978. The Morgan fingerprint density at radius 2 is 1.96 bits per heavy atom. The van der Waals surface area contributed by atoms with Crippen LogP contribution in [0.5, 0.6) is 5.75 Å². The molecule has 1 atom stereocenters. The number of amides is 1. The first-order chi connectivity index (χ1) is 11.4. The van der Waals surface area contributed by atoms with Crippen LogP contribution in [0.1, 0.15) is 77.5 Å². The van der Waals surface area contributed by atoms with Crippen LogP contribution < -0.4 is 5.32 Å². The number of aromatic hydroxyl groups is 1. The molecular formula is C21H35NO3. The Kier molecular flexibility index (Phi) is 6.92. The number of nitrogens with one attached hydrogen (secondary N) is 1. The zero-order chi connectivity index (χ0) is 19.4. The van der Waals surface area contributed by atoms with Crippen molar-refractivity contribution in [2.45, 2.75) is 79.8 Å². The third-order valence-electron chi connectivity index (χ3n) is 4.86. The highest BCUT2D eigenvalue weighted by Crippen LogP contribution is 2.46. The molecular weight excluding hydrogens is 314 g/mol. The van der Waals surface area contributed by atoms with Crippen LogP contribution in [-0.2, 0) is 11.2 Å². The Balaban J connectivity index is 0.000000275. The van der Waals surface area contributed by atoms with Gasteiger partial charge in [-0.15, -0.1) is 0 Å². The number of phenols is 1. The first kappa shape index (κ1) is 21.3. The molecule has 0 radical (unpaired) electrons. The molecule has 0 fully saturated rings. The molecule has 0 spiro atoms. The molecule has 0 heterocycles. The lowest BCUT2D eigenvalue weighted by Crippen LogP contribution is -2.32. The van der Waals surface area contributed by atoms with E-state index in [1.807, 2.05) is 40.7 Å². The standard InChI is InChI=1S/C14H20O.C7H15NO2/c1-9-7-11-5-6-14(3,4)10(2)12(11)8-13(9)15;1-5-8-6(9)10-7(2,3)4/h7-8,10,15H,5-6H2,1-4H3;5H2,1-4H3,(H,8,9). The summed E-state index contributed by atoms with van der Waals surface area (Å²) in [6, 6.07) is 4.12. The van der Waals surface area contributed by atoms with Gasteiger partial charge in [-0.05, 0) is 81.5 Å². The SMILES string of the molecule is CCNC(=O)OC(C)(C)C.Cc1cc2c(cc1O)C(C)C(C)(C)CC2. The summed E-state index contributed by atoms with van der Waals surface area (Å²) in [5.41, 5.74) is 3.74. The Morgan fingerprint density at radius 3 is 2.48 bits per heavy atom. The zero-order valence-corrected chi connectivity index (χ0v) is 17.1. The molecule has 1 aliphatic rings. The monoisotopic (exact) mass is 349 g/mol. The number of hydrogen-bond donors (Lipinski definition) is 2. The highest BCUT2D eigenvalue weighted by Gasteiger charge is 2.32. The molecule has 1 unspecified atom stereocenters. The first-order valence-corrected chi connectivity index (χ1v) is 9.16. The minimum absolute atomic E-state index is 0.352. The Labute approximate surface area is 153 Å². The van der Waals surface area contributed by atoms with E-state index in [0.717, 1.165) is 12.0 Å². The molecule has 0 aromatic heterocycles. The second-order valence-corrected chi connectivity index (χ2v) is 8.58. The zero-order valence-electron chi connectivity index (χ0n) is 17.1. The topological polar surface area (TPSA) is 58.6 Å². The lowest BCUT2D eigenvalue weighted by Gasteiger charge is -2.38. The van der Waals surface area contributed by atoms with Gasteiger partial charge >= 0.3 is 6.09 Å². The molecule has 142 valence electrons. The van der Waals surface area contributed by atoms with Crippen molar-refractivity contribution >= 4 is 6.09 Å². The van der Waals surface area contributed by atoms with Gasteiger partial charge < -0.3 is 15.2 Å². The van der Waals surface area contributed by atoms with Crippen molar-refractivity contribution in [2.75, 3.05) is 6.54 Å². The van der Waals surface area contributed by atoms with E-state index in [-0.39, 0.29) is 11.7 Å². The fourth-order valence-electron chi connectivity index (χ4n) is 2.94. The first-order valence-electron chi connectivity index (χ1n) is 9.16. The smallest absolute Gasteiger partial charge is 0.407 e. The number of rotatable bonds is 1. The fraction of sp³-hybridized carbons (Fsp3) is 0.667. The number of hydrogen-bond acceptors (Lipinski definition) is 3. The lowest BCUT2D eigenvalue weighted by molar-refractivity contribution is 0.0531. The molecule has 1 aromatic rings. The molecule has 1 aliphatic carbocycles. The van der Waals surface area contributed by atoms with E-state index in [1.165, 1.54) is 17.5 Å². The van der Waals surface area contributed by atoms with E-state index < -0.39 is 0 Å². The number of aryl methyl sites for hydroxylation is 2. The summed E-state index contributed by atoms with van der Waals surface area (Å²) in [5, 5.41) is 12.3. The van der Waals surface area contributed by atoms with Crippen LogP contribution in [-0.4, -0.2) is 23.3 Å². The molecule has 2 N–H and O–H groups in total. The van der Waals surface area contributed by atoms with Gasteiger partial charge in [-0.1, -0.05) is 26.8 Å². The molecule has 25 heavy (non-hydrogen) atoms. The molecule has 4 heteroatoms. The van der Waals surface area contributed by atoms with E-state index in [0.29, 0.717) is 23.6 Å². The molecule has 2 rings (SSSR count). The fourth-order valence-corrected chi connectivity index (χ4v) is 2.94. The van der Waals surface area contributed by atoms with Crippen molar-refractivity contribution in [3.05, 3.63) is 28.8 Å². The molecule has 1 amide bonds. The maximum atomic E-state index is 10.7. The molecule has 4 nitrogen and oxygen atoms in total. The Bertz CT molecular complexity index is 600. The number of ether oxygens (including phenoxy) is 1. The summed E-state index contributed by atoms with van der Waals surface area (Å²) >= 11 is 0. The lowest BCUT2D eigenvalue weighted by atomic mass is 9.67. The molecule has 0 bridgehead atoms. The number of carbonyl (C=O) groups excluding carboxylic acids is 1. The number of benzene rings is 1. The number of fused-ring (bicyclic) bond motifs is 1. The van der Waals surface area contributed by atoms with Crippen LogP contribution in [0.15, 0.2) is 12.1 Å². The van der Waals surface area contributed by atoms with Crippen LogP contribution in [0.2, 0.25) is 0 Å². The Hall–Kier alpha value is -1.71. The average Bonchev–Trinajstić information content (AvgIpc) is 2.45. The normalized spacial score (nSPS) is 18.5. The van der Waals surface area contributed by atoms with E-state index in [4.69, 9.17) is 4.74 Å². The van der Waals surface area contributed by atoms with Crippen molar-refractivity contribution in [3.63, 3.8) is 0 Å². The van der Waals surface area contributed by atoms with E-state index in [9.17, 15) is 9.90 Å². The second kappa shape index (κ2) is 8.11. The van der Waals surface area contributed by atoms with Gasteiger partial charge in [0.05, 0.1) is 0 Å². The van der Waals surface area contributed by atoms with Gasteiger partial charge in [-0.2, -0.15) is 0 Å². The summed E-state index contributed by atoms with van der Waals surface area (Å²) in [6.07, 6.45) is 2.04. The van der Waals surface area contributed by atoms with Gasteiger partial charge in [0.25, 0.3) is 0 Å². The number of alkyl carbamates (subject to hydrolysis) is 1. The van der Waals surface area contributed by atoms with E-state index in [1.54, 1.807) is 0 Å². The van der Waals surface area contributed by atoms with Gasteiger partial charge in [0, 0.05) is 6.54 Å². The highest BCUT2D eigenvalue weighted by molar-refractivity contribution is 5.67. The van der Waals surface area contributed by atoms with Gasteiger partial charge in [0.2, 0.25) is 0 Å². The van der Waals surface area contributed by atoms with Crippen LogP contribution in [0.25, 0.3) is 0 Å². The van der Waals surface area contributed by atoms with E-state index >= 15 is 0 Å². The maximum absolute atomic E-state index is 10.7. The maximum Gasteiger partial charge on any atom is 0.407 e. The molecule has 0 saturated carbocycles. The highest BCUT2D eigenvalue weighted by atomic mass is 16.6. The van der Waals surface area contributed by atoms with Crippen molar-refractivity contribution < 1.29 is 14.6 Å². The van der Waals surface area contributed by atoms with E-state index in [2.05, 4.69) is 32.2 Å². The van der Waals surface area contributed by atoms with Gasteiger partial charge in [-0.3, -0.25) is 0 Å². The minimum Gasteiger partial charge on any atom is -0.508 e. The quantitative estimate of drug-likeness (QED) is 0.722. The average molecular weight is 350 g/mol. The van der Waals surface area contributed by atoms with Gasteiger partial charge in [-0.25, -0.2) is 4.79 Å². The van der Waals surface area contributed by atoms with Crippen molar-refractivity contribution in [1.29, 1.82) is 0 Å². The molecule has 1 aromatic carbocycles. The van der Waals surface area contributed by atoms with Crippen molar-refractivity contribution in [3.8, 4) is 5.75 Å².